The van der Waals surface area contributed by atoms with Gasteiger partial charge in [0.05, 0.1) is 0 Å². The normalized spacial score (nSPS) is 11.5. The fourth-order valence-corrected chi connectivity index (χ4v) is 1.68. The van der Waals surface area contributed by atoms with E-state index in [0.717, 1.165) is 11.1 Å². The van der Waals surface area contributed by atoms with Gasteiger partial charge in [-0.2, -0.15) is 0 Å². The Hall–Kier alpha value is -1.71. The van der Waals surface area contributed by atoms with Gasteiger partial charge in [0.15, 0.2) is 11.5 Å². The second-order valence-electron chi connectivity index (χ2n) is 4.29. The van der Waals surface area contributed by atoms with Crippen molar-refractivity contribution in [3.63, 3.8) is 0 Å². The molecule has 0 saturated carbocycles. The monoisotopic (exact) mass is 279 g/mol. The molecular formula is C15H18ClNO2. The van der Waals surface area contributed by atoms with E-state index in [0.29, 0.717) is 12.4 Å². The van der Waals surface area contributed by atoms with Crippen molar-refractivity contribution < 1.29 is 9.84 Å². The van der Waals surface area contributed by atoms with E-state index in [1.165, 1.54) is 0 Å². The third kappa shape index (κ3) is 4.16. The van der Waals surface area contributed by atoms with Crippen molar-refractivity contribution in [1.82, 2.24) is 0 Å². The van der Waals surface area contributed by atoms with Gasteiger partial charge in [-0.3, -0.25) is 0 Å². The summed E-state index contributed by atoms with van der Waals surface area (Å²) in [5, 5.41) is 9.84. The van der Waals surface area contributed by atoms with Crippen LogP contribution in [0.15, 0.2) is 48.5 Å². The number of halogens is 1. The zero-order valence-corrected chi connectivity index (χ0v) is 11.6. The van der Waals surface area contributed by atoms with Crippen molar-refractivity contribution in [2.75, 3.05) is 0 Å². The van der Waals surface area contributed by atoms with Gasteiger partial charge in [0.1, 0.15) is 6.61 Å². The molecular weight excluding hydrogens is 262 g/mol. The molecule has 4 heteroatoms. The van der Waals surface area contributed by atoms with Gasteiger partial charge < -0.3 is 15.6 Å². The summed E-state index contributed by atoms with van der Waals surface area (Å²) in [6.07, 6.45) is 0. The first-order valence-corrected chi connectivity index (χ1v) is 5.92. The molecule has 2 aromatic rings. The minimum atomic E-state index is -0.0981. The maximum absolute atomic E-state index is 9.84. The molecule has 0 amide bonds. The first-order chi connectivity index (χ1) is 8.66. The molecule has 0 bridgehead atoms. The van der Waals surface area contributed by atoms with Gasteiger partial charge >= 0.3 is 0 Å². The maximum Gasteiger partial charge on any atom is 0.161 e. The van der Waals surface area contributed by atoms with E-state index < -0.39 is 0 Å². The molecule has 1 atom stereocenters. The molecule has 2 rings (SSSR count). The highest BCUT2D eigenvalue weighted by Gasteiger charge is 2.06. The predicted molar refractivity (Wildman–Crippen MR) is 78.7 cm³/mol. The molecule has 0 spiro atoms. The first kappa shape index (κ1) is 15.3. The summed E-state index contributed by atoms with van der Waals surface area (Å²) in [7, 11) is 0. The number of hydrogen-bond acceptors (Lipinski definition) is 3. The van der Waals surface area contributed by atoms with E-state index in [9.17, 15) is 5.11 Å². The second kappa shape index (κ2) is 7.02. The Morgan fingerprint density at radius 2 is 1.84 bits per heavy atom. The Kier molecular flexibility index (Phi) is 5.67. The van der Waals surface area contributed by atoms with Crippen LogP contribution in [0.5, 0.6) is 11.5 Å². The third-order valence-corrected chi connectivity index (χ3v) is 2.75. The number of rotatable bonds is 4. The van der Waals surface area contributed by atoms with Gasteiger partial charge in [-0.1, -0.05) is 36.4 Å². The Balaban J connectivity index is 0.00000180. The molecule has 0 radical (unpaired) electrons. The summed E-state index contributed by atoms with van der Waals surface area (Å²) >= 11 is 0. The van der Waals surface area contributed by atoms with Crippen molar-refractivity contribution in [2.45, 2.75) is 19.6 Å². The molecule has 0 heterocycles. The van der Waals surface area contributed by atoms with Gasteiger partial charge in [0, 0.05) is 6.04 Å². The molecule has 1 unspecified atom stereocenters. The van der Waals surface area contributed by atoms with Crippen molar-refractivity contribution in [2.24, 2.45) is 5.73 Å². The molecule has 3 N–H and O–H groups in total. The number of hydrogen-bond donors (Lipinski definition) is 2. The van der Waals surface area contributed by atoms with Crippen molar-refractivity contribution in [3.05, 3.63) is 59.7 Å². The second-order valence-corrected chi connectivity index (χ2v) is 4.29. The zero-order chi connectivity index (χ0) is 13.0. The quantitative estimate of drug-likeness (QED) is 0.902. The van der Waals surface area contributed by atoms with Gasteiger partial charge in [-0.25, -0.2) is 0 Å². The van der Waals surface area contributed by atoms with Crippen molar-refractivity contribution >= 4 is 12.4 Å². The molecule has 0 aliphatic heterocycles. The number of nitrogens with two attached hydrogens (primary N) is 1. The molecule has 2 aromatic carbocycles. The number of phenols is 1. The highest BCUT2D eigenvalue weighted by Crippen LogP contribution is 2.29. The average Bonchev–Trinajstić information content (AvgIpc) is 2.38. The van der Waals surface area contributed by atoms with Gasteiger partial charge in [0.2, 0.25) is 0 Å². The van der Waals surface area contributed by atoms with E-state index >= 15 is 0 Å². The van der Waals surface area contributed by atoms with E-state index in [-0.39, 0.29) is 24.2 Å². The smallest absolute Gasteiger partial charge is 0.161 e. The predicted octanol–water partition coefficient (Wildman–Crippen LogP) is 3.41. The van der Waals surface area contributed by atoms with Crippen LogP contribution in [-0.2, 0) is 6.61 Å². The minimum absolute atomic E-state index is 0. The Bertz CT molecular complexity index is 515. The van der Waals surface area contributed by atoms with E-state index in [1.54, 1.807) is 12.1 Å². The fraction of sp³-hybridized carbons (Fsp3) is 0.200. The minimum Gasteiger partial charge on any atom is -0.504 e. The third-order valence-electron chi connectivity index (χ3n) is 2.75. The van der Waals surface area contributed by atoms with E-state index in [1.807, 2.05) is 43.3 Å². The maximum atomic E-state index is 9.84. The van der Waals surface area contributed by atoms with Crippen molar-refractivity contribution in [3.8, 4) is 11.5 Å². The van der Waals surface area contributed by atoms with Crippen LogP contribution in [0.3, 0.4) is 0 Å². The molecule has 102 valence electrons. The molecule has 19 heavy (non-hydrogen) atoms. The topological polar surface area (TPSA) is 55.5 Å². The number of aromatic hydroxyl groups is 1. The summed E-state index contributed by atoms with van der Waals surface area (Å²) in [5.41, 5.74) is 7.70. The number of phenolic OH excluding ortho intramolecular Hbond substituents is 1. The van der Waals surface area contributed by atoms with E-state index in [2.05, 4.69) is 0 Å². The lowest BCUT2D eigenvalue weighted by Gasteiger charge is -2.11. The van der Waals surface area contributed by atoms with Crippen LogP contribution in [0.1, 0.15) is 24.1 Å². The van der Waals surface area contributed by atoms with Gasteiger partial charge in [-0.05, 0) is 30.2 Å². The fourth-order valence-electron chi connectivity index (χ4n) is 1.68. The number of ether oxygens (including phenoxy) is 1. The van der Waals surface area contributed by atoms with Crippen LogP contribution in [-0.4, -0.2) is 5.11 Å². The van der Waals surface area contributed by atoms with Crippen LogP contribution >= 0.6 is 12.4 Å². The van der Waals surface area contributed by atoms with Crippen molar-refractivity contribution in [1.29, 1.82) is 0 Å². The van der Waals surface area contributed by atoms with E-state index in [4.69, 9.17) is 10.5 Å². The molecule has 0 fully saturated rings. The zero-order valence-electron chi connectivity index (χ0n) is 10.7. The van der Waals surface area contributed by atoms with Crippen LogP contribution in [0.2, 0.25) is 0 Å². The average molecular weight is 280 g/mol. The Morgan fingerprint density at radius 3 is 2.42 bits per heavy atom. The lowest BCUT2D eigenvalue weighted by atomic mass is 10.1. The van der Waals surface area contributed by atoms with Crippen LogP contribution in [0.4, 0.5) is 0 Å². The first-order valence-electron chi connectivity index (χ1n) is 5.92. The molecule has 0 aromatic heterocycles. The summed E-state index contributed by atoms with van der Waals surface area (Å²) in [6.45, 7) is 2.31. The largest absolute Gasteiger partial charge is 0.504 e. The lowest BCUT2D eigenvalue weighted by Crippen LogP contribution is -2.04. The Labute approximate surface area is 119 Å². The highest BCUT2D eigenvalue weighted by molar-refractivity contribution is 5.85. The van der Waals surface area contributed by atoms with Gasteiger partial charge in [-0.15, -0.1) is 12.4 Å². The standard InChI is InChI=1S/C15H17NO2.ClH/c1-11(16)13-7-8-15(14(17)9-13)18-10-12-5-3-2-4-6-12;/h2-9,11,17H,10,16H2,1H3;1H. The van der Waals surface area contributed by atoms with Crippen LogP contribution in [0, 0.1) is 0 Å². The van der Waals surface area contributed by atoms with Crippen LogP contribution < -0.4 is 10.5 Å². The molecule has 0 saturated heterocycles. The van der Waals surface area contributed by atoms with Gasteiger partial charge in [0.25, 0.3) is 0 Å². The molecule has 3 nitrogen and oxygen atoms in total. The summed E-state index contributed by atoms with van der Waals surface area (Å²) in [4.78, 5) is 0. The molecule has 0 aliphatic carbocycles. The lowest BCUT2D eigenvalue weighted by molar-refractivity contribution is 0.289. The summed E-state index contributed by atoms with van der Waals surface area (Å²) < 4.78 is 5.57. The SMILES string of the molecule is CC(N)c1ccc(OCc2ccccc2)c(O)c1.Cl. The molecule has 0 aliphatic rings. The number of benzene rings is 2. The highest BCUT2D eigenvalue weighted by atomic mass is 35.5. The van der Waals surface area contributed by atoms with Crippen LogP contribution in [0.25, 0.3) is 0 Å². The summed E-state index contributed by atoms with van der Waals surface area (Å²) in [6, 6.07) is 15.0. The Morgan fingerprint density at radius 1 is 1.16 bits per heavy atom. The summed E-state index contributed by atoms with van der Waals surface area (Å²) in [5.74, 6) is 0.601.